The zero-order chi connectivity index (χ0) is 13.2. The predicted octanol–water partition coefficient (Wildman–Crippen LogP) is 3.02. The minimum Gasteiger partial charge on any atom is -0.492 e. The van der Waals surface area contributed by atoms with Crippen LogP contribution in [-0.4, -0.2) is 27.0 Å². The standard InChI is InChI=1S/C14H21NO2S/c1-14(8-5-9-15-14)10-6-7-11(18-4)13(17-3)12(10)16-2/h6-7,15H,5,8-9H2,1-4H3. The van der Waals surface area contributed by atoms with Crippen molar-refractivity contribution in [2.24, 2.45) is 0 Å². The van der Waals surface area contributed by atoms with E-state index in [0.717, 1.165) is 29.4 Å². The third kappa shape index (κ3) is 2.19. The van der Waals surface area contributed by atoms with E-state index in [2.05, 4.69) is 24.4 Å². The topological polar surface area (TPSA) is 30.5 Å². The Morgan fingerprint density at radius 1 is 1.22 bits per heavy atom. The van der Waals surface area contributed by atoms with Gasteiger partial charge < -0.3 is 14.8 Å². The molecule has 1 aromatic carbocycles. The first-order valence-corrected chi connectivity index (χ1v) is 7.43. The van der Waals surface area contributed by atoms with Gasteiger partial charge in [0.2, 0.25) is 0 Å². The molecule has 1 N–H and O–H groups in total. The van der Waals surface area contributed by atoms with E-state index in [4.69, 9.17) is 9.47 Å². The van der Waals surface area contributed by atoms with Crippen LogP contribution in [-0.2, 0) is 5.54 Å². The van der Waals surface area contributed by atoms with E-state index >= 15 is 0 Å². The van der Waals surface area contributed by atoms with Crippen molar-refractivity contribution in [3.63, 3.8) is 0 Å². The summed E-state index contributed by atoms with van der Waals surface area (Å²) in [6.45, 7) is 3.29. The van der Waals surface area contributed by atoms with Crippen molar-refractivity contribution in [2.75, 3.05) is 27.0 Å². The fourth-order valence-corrected chi connectivity index (χ4v) is 3.23. The van der Waals surface area contributed by atoms with Gasteiger partial charge in [-0.1, -0.05) is 6.07 Å². The van der Waals surface area contributed by atoms with E-state index in [9.17, 15) is 0 Å². The molecule has 100 valence electrons. The fourth-order valence-electron chi connectivity index (χ4n) is 2.66. The SMILES string of the molecule is COc1c(SC)ccc(C2(C)CCCN2)c1OC. The maximum Gasteiger partial charge on any atom is 0.174 e. The third-order valence-corrected chi connectivity index (χ3v) is 4.43. The summed E-state index contributed by atoms with van der Waals surface area (Å²) in [5, 5.41) is 3.57. The molecule has 1 aromatic rings. The van der Waals surface area contributed by atoms with Gasteiger partial charge in [-0.15, -0.1) is 11.8 Å². The van der Waals surface area contributed by atoms with Crippen LogP contribution >= 0.6 is 11.8 Å². The van der Waals surface area contributed by atoms with Crippen LogP contribution in [0.3, 0.4) is 0 Å². The van der Waals surface area contributed by atoms with Crippen LogP contribution in [0.4, 0.5) is 0 Å². The summed E-state index contributed by atoms with van der Waals surface area (Å²) in [5.41, 5.74) is 1.19. The van der Waals surface area contributed by atoms with Gasteiger partial charge in [0.05, 0.1) is 19.1 Å². The summed E-state index contributed by atoms with van der Waals surface area (Å²) in [6.07, 6.45) is 4.38. The van der Waals surface area contributed by atoms with Crippen LogP contribution in [0.1, 0.15) is 25.3 Å². The monoisotopic (exact) mass is 267 g/mol. The highest BCUT2D eigenvalue weighted by Gasteiger charge is 2.34. The number of hydrogen-bond acceptors (Lipinski definition) is 4. The van der Waals surface area contributed by atoms with E-state index in [-0.39, 0.29) is 5.54 Å². The Bertz CT molecular complexity index is 428. The Kier molecular flexibility index (Phi) is 4.07. The van der Waals surface area contributed by atoms with Gasteiger partial charge in [-0.05, 0) is 38.6 Å². The summed E-state index contributed by atoms with van der Waals surface area (Å²) in [4.78, 5) is 1.11. The molecule has 0 aromatic heterocycles. The Labute approximate surface area is 113 Å². The molecule has 1 atom stereocenters. The molecule has 1 aliphatic heterocycles. The first kappa shape index (κ1) is 13.6. The lowest BCUT2D eigenvalue weighted by molar-refractivity contribution is 0.328. The van der Waals surface area contributed by atoms with E-state index in [1.165, 1.54) is 12.0 Å². The number of ether oxygens (including phenoxy) is 2. The summed E-state index contributed by atoms with van der Waals surface area (Å²) >= 11 is 1.67. The van der Waals surface area contributed by atoms with Crippen LogP contribution in [0.15, 0.2) is 17.0 Å². The van der Waals surface area contributed by atoms with E-state index in [0.29, 0.717) is 0 Å². The average Bonchev–Trinajstić information content (AvgIpc) is 2.84. The first-order chi connectivity index (χ1) is 8.66. The quantitative estimate of drug-likeness (QED) is 0.850. The smallest absolute Gasteiger partial charge is 0.174 e. The highest BCUT2D eigenvalue weighted by molar-refractivity contribution is 7.98. The molecule has 0 bridgehead atoms. The third-order valence-electron chi connectivity index (χ3n) is 3.67. The Morgan fingerprint density at radius 3 is 2.44 bits per heavy atom. The van der Waals surface area contributed by atoms with Crippen molar-refractivity contribution in [1.29, 1.82) is 0 Å². The van der Waals surface area contributed by atoms with Crippen LogP contribution in [0.2, 0.25) is 0 Å². The number of nitrogens with one attached hydrogen (secondary N) is 1. The van der Waals surface area contributed by atoms with Gasteiger partial charge in [-0.3, -0.25) is 0 Å². The molecule has 1 aliphatic rings. The highest BCUT2D eigenvalue weighted by Crippen LogP contribution is 2.45. The van der Waals surface area contributed by atoms with E-state index in [1.54, 1.807) is 26.0 Å². The average molecular weight is 267 g/mol. The van der Waals surface area contributed by atoms with Gasteiger partial charge in [0.1, 0.15) is 0 Å². The number of hydrogen-bond donors (Lipinski definition) is 1. The maximum absolute atomic E-state index is 5.61. The van der Waals surface area contributed by atoms with Crippen molar-refractivity contribution in [2.45, 2.75) is 30.2 Å². The Balaban J connectivity index is 2.54. The van der Waals surface area contributed by atoms with Crippen molar-refractivity contribution in [3.8, 4) is 11.5 Å². The zero-order valence-corrected chi connectivity index (χ0v) is 12.3. The van der Waals surface area contributed by atoms with Crippen molar-refractivity contribution in [3.05, 3.63) is 17.7 Å². The highest BCUT2D eigenvalue weighted by atomic mass is 32.2. The van der Waals surface area contributed by atoms with E-state index in [1.807, 2.05) is 6.26 Å². The predicted molar refractivity (Wildman–Crippen MR) is 75.9 cm³/mol. The molecular formula is C14H21NO2S. The van der Waals surface area contributed by atoms with Crippen molar-refractivity contribution in [1.82, 2.24) is 5.32 Å². The van der Waals surface area contributed by atoms with Gasteiger partial charge >= 0.3 is 0 Å². The summed E-state index contributed by atoms with van der Waals surface area (Å²) in [7, 11) is 3.41. The van der Waals surface area contributed by atoms with Gasteiger partial charge in [-0.2, -0.15) is 0 Å². The molecule has 0 amide bonds. The molecule has 0 aliphatic carbocycles. The second kappa shape index (κ2) is 5.41. The van der Waals surface area contributed by atoms with Gasteiger partial charge in [0.15, 0.2) is 11.5 Å². The van der Waals surface area contributed by atoms with Gasteiger partial charge in [0, 0.05) is 11.1 Å². The number of benzene rings is 1. The molecule has 1 unspecified atom stereocenters. The maximum atomic E-state index is 5.61. The molecule has 0 spiro atoms. The second-order valence-corrected chi connectivity index (χ2v) is 5.59. The Hall–Kier alpha value is -0.870. The van der Waals surface area contributed by atoms with Crippen LogP contribution in [0, 0.1) is 0 Å². The van der Waals surface area contributed by atoms with Gasteiger partial charge in [-0.25, -0.2) is 0 Å². The largest absolute Gasteiger partial charge is 0.492 e. The van der Waals surface area contributed by atoms with Crippen LogP contribution in [0.25, 0.3) is 0 Å². The molecule has 1 heterocycles. The summed E-state index contributed by atoms with van der Waals surface area (Å²) in [5.74, 6) is 1.71. The van der Waals surface area contributed by atoms with Crippen molar-refractivity contribution >= 4 is 11.8 Å². The number of methoxy groups -OCH3 is 2. The lowest BCUT2D eigenvalue weighted by Gasteiger charge is -2.28. The molecule has 1 saturated heterocycles. The lowest BCUT2D eigenvalue weighted by atomic mass is 9.89. The minimum absolute atomic E-state index is 0.00440. The summed E-state index contributed by atoms with van der Waals surface area (Å²) < 4.78 is 11.1. The molecule has 0 radical (unpaired) electrons. The van der Waals surface area contributed by atoms with Gasteiger partial charge in [0.25, 0.3) is 0 Å². The molecule has 3 nitrogen and oxygen atoms in total. The summed E-state index contributed by atoms with van der Waals surface area (Å²) in [6, 6.07) is 4.28. The van der Waals surface area contributed by atoms with Crippen molar-refractivity contribution < 1.29 is 9.47 Å². The number of rotatable bonds is 4. The molecular weight excluding hydrogens is 246 g/mol. The molecule has 4 heteroatoms. The molecule has 0 saturated carbocycles. The minimum atomic E-state index is -0.00440. The normalized spacial score (nSPS) is 23.1. The molecule has 1 fully saturated rings. The molecule has 2 rings (SSSR count). The fraction of sp³-hybridized carbons (Fsp3) is 0.571. The first-order valence-electron chi connectivity index (χ1n) is 6.20. The molecule has 18 heavy (non-hydrogen) atoms. The lowest BCUT2D eigenvalue weighted by Crippen LogP contribution is -2.33. The van der Waals surface area contributed by atoms with Crippen LogP contribution in [0.5, 0.6) is 11.5 Å². The second-order valence-electron chi connectivity index (χ2n) is 4.74. The van der Waals surface area contributed by atoms with E-state index < -0.39 is 0 Å². The number of thioether (sulfide) groups is 1. The Morgan fingerprint density at radius 2 is 1.94 bits per heavy atom. The van der Waals surface area contributed by atoms with Crippen LogP contribution < -0.4 is 14.8 Å². The zero-order valence-electron chi connectivity index (χ0n) is 11.5.